The van der Waals surface area contributed by atoms with E-state index in [0.29, 0.717) is 28.0 Å². The second-order valence-electron chi connectivity index (χ2n) is 8.46. The zero-order chi connectivity index (χ0) is 24.9. The van der Waals surface area contributed by atoms with Gasteiger partial charge in [-0.15, -0.1) is 0 Å². The number of hydrogen-bond donors (Lipinski definition) is 2. The van der Waals surface area contributed by atoms with Gasteiger partial charge in [-0.1, -0.05) is 55.6 Å². The molecule has 0 bridgehead atoms. The highest BCUT2D eigenvalue weighted by atomic mass is 35.5. The van der Waals surface area contributed by atoms with Gasteiger partial charge in [0, 0.05) is 35.6 Å². The lowest BCUT2D eigenvalue weighted by molar-refractivity contribution is -0.126. The Morgan fingerprint density at radius 1 is 1.06 bits per heavy atom. The van der Waals surface area contributed by atoms with Crippen LogP contribution in [0, 0.1) is 5.92 Å². The molecule has 3 aromatic rings. The molecule has 1 aliphatic heterocycles. The number of carbonyl (C=O) groups excluding carboxylic acids is 3. The fourth-order valence-electron chi connectivity index (χ4n) is 4.12. The summed E-state index contributed by atoms with van der Waals surface area (Å²) in [4.78, 5) is 52.4. The van der Waals surface area contributed by atoms with Crippen LogP contribution >= 0.6 is 11.6 Å². The summed E-state index contributed by atoms with van der Waals surface area (Å²) >= 11 is 6.02. The maximum atomic E-state index is 13.0. The standard InChI is InChI=1S/C25H26ClN5O4/c1-2-3-6-12-31-25(35)20-11-5-4-10-19(20)22(29-31)24(34)28-27-23(33)16-13-21(32)30(15-16)18-9-7-8-17(26)14-18/h4-5,7-11,14,16H,2-3,6,12-13,15H2,1H3,(H,27,33)(H,28,34). The number of aromatic nitrogens is 2. The summed E-state index contributed by atoms with van der Waals surface area (Å²) in [6.07, 6.45) is 2.70. The van der Waals surface area contributed by atoms with Gasteiger partial charge in [0.1, 0.15) is 0 Å². The highest BCUT2D eigenvalue weighted by Gasteiger charge is 2.35. The second-order valence-corrected chi connectivity index (χ2v) is 8.89. The van der Waals surface area contributed by atoms with Crippen LogP contribution in [0.1, 0.15) is 43.1 Å². The van der Waals surface area contributed by atoms with Crippen LogP contribution in [0.2, 0.25) is 5.02 Å². The van der Waals surface area contributed by atoms with E-state index < -0.39 is 17.7 Å². The number of unbranched alkanes of at least 4 members (excludes halogenated alkanes) is 2. The predicted molar refractivity (Wildman–Crippen MR) is 133 cm³/mol. The molecule has 1 atom stereocenters. The lowest BCUT2D eigenvalue weighted by atomic mass is 10.1. The van der Waals surface area contributed by atoms with Gasteiger partial charge in [0.2, 0.25) is 11.8 Å². The van der Waals surface area contributed by atoms with Gasteiger partial charge in [-0.2, -0.15) is 5.10 Å². The van der Waals surface area contributed by atoms with Gasteiger partial charge in [-0.3, -0.25) is 30.0 Å². The number of hydrazine groups is 1. The summed E-state index contributed by atoms with van der Waals surface area (Å²) in [5.74, 6) is -1.98. The molecule has 2 aromatic carbocycles. The minimum absolute atomic E-state index is 0.0116. The molecule has 1 aromatic heterocycles. The van der Waals surface area contributed by atoms with Crippen molar-refractivity contribution in [1.29, 1.82) is 0 Å². The Morgan fingerprint density at radius 2 is 1.83 bits per heavy atom. The van der Waals surface area contributed by atoms with E-state index in [0.717, 1.165) is 19.3 Å². The Bertz CT molecular complexity index is 1340. The Hall–Kier alpha value is -3.72. The largest absolute Gasteiger partial charge is 0.312 e. The maximum absolute atomic E-state index is 13.0. The van der Waals surface area contributed by atoms with Gasteiger partial charge >= 0.3 is 0 Å². The topological polar surface area (TPSA) is 113 Å². The first-order valence-electron chi connectivity index (χ1n) is 11.5. The van der Waals surface area contributed by atoms with E-state index in [4.69, 9.17) is 11.6 Å². The number of anilines is 1. The molecule has 182 valence electrons. The lowest BCUT2D eigenvalue weighted by Crippen LogP contribution is -2.46. The Kier molecular flexibility index (Phi) is 7.45. The molecule has 9 nitrogen and oxygen atoms in total. The molecule has 4 rings (SSSR count). The van der Waals surface area contributed by atoms with Crippen molar-refractivity contribution in [1.82, 2.24) is 20.6 Å². The fraction of sp³-hybridized carbons (Fsp3) is 0.320. The average Bonchev–Trinajstić information content (AvgIpc) is 3.25. The number of nitrogens with zero attached hydrogens (tertiary/aromatic N) is 3. The molecule has 1 fully saturated rings. The Balaban J connectivity index is 1.47. The van der Waals surface area contributed by atoms with Gasteiger partial charge in [0.25, 0.3) is 11.5 Å². The van der Waals surface area contributed by atoms with Crippen molar-refractivity contribution in [2.75, 3.05) is 11.4 Å². The molecule has 2 N–H and O–H groups in total. The zero-order valence-electron chi connectivity index (χ0n) is 19.3. The lowest BCUT2D eigenvalue weighted by Gasteiger charge is -2.17. The molecule has 1 aliphatic rings. The van der Waals surface area contributed by atoms with E-state index in [1.807, 2.05) is 0 Å². The molecule has 3 amide bonds. The monoisotopic (exact) mass is 495 g/mol. The minimum Gasteiger partial charge on any atom is -0.312 e. The van der Waals surface area contributed by atoms with Crippen LogP contribution in [0.5, 0.6) is 0 Å². The average molecular weight is 496 g/mol. The summed E-state index contributed by atoms with van der Waals surface area (Å²) in [5.41, 5.74) is 5.19. The van der Waals surface area contributed by atoms with Gasteiger partial charge < -0.3 is 4.90 Å². The van der Waals surface area contributed by atoms with Crippen molar-refractivity contribution in [3.8, 4) is 0 Å². The molecule has 2 heterocycles. The predicted octanol–water partition coefficient (Wildman–Crippen LogP) is 3.05. The second kappa shape index (κ2) is 10.7. The van der Waals surface area contributed by atoms with Crippen molar-refractivity contribution in [3.63, 3.8) is 0 Å². The first-order valence-corrected chi connectivity index (χ1v) is 11.9. The van der Waals surface area contributed by atoms with E-state index in [-0.39, 0.29) is 30.1 Å². The SMILES string of the molecule is CCCCCn1nc(C(=O)NNC(=O)C2CC(=O)N(c3cccc(Cl)c3)C2)c2ccccc2c1=O. The summed E-state index contributed by atoms with van der Waals surface area (Å²) in [6.45, 7) is 2.63. The van der Waals surface area contributed by atoms with E-state index in [1.54, 1.807) is 48.5 Å². The normalized spacial score (nSPS) is 15.4. The zero-order valence-corrected chi connectivity index (χ0v) is 20.0. The highest BCUT2D eigenvalue weighted by molar-refractivity contribution is 6.31. The van der Waals surface area contributed by atoms with Crippen LogP contribution in [-0.4, -0.2) is 34.0 Å². The smallest absolute Gasteiger partial charge is 0.290 e. The fourth-order valence-corrected chi connectivity index (χ4v) is 4.31. The van der Waals surface area contributed by atoms with Crippen molar-refractivity contribution < 1.29 is 14.4 Å². The quantitative estimate of drug-likeness (QED) is 0.386. The van der Waals surface area contributed by atoms with E-state index >= 15 is 0 Å². The van der Waals surface area contributed by atoms with Gasteiger partial charge in [-0.05, 0) is 30.7 Å². The molecule has 1 saturated heterocycles. The van der Waals surface area contributed by atoms with Crippen molar-refractivity contribution in [2.45, 2.75) is 39.2 Å². The van der Waals surface area contributed by atoms with Crippen molar-refractivity contribution in [2.24, 2.45) is 5.92 Å². The number of rotatable bonds is 7. The van der Waals surface area contributed by atoms with Gasteiger partial charge in [0.15, 0.2) is 5.69 Å². The van der Waals surface area contributed by atoms with E-state index in [2.05, 4.69) is 22.9 Å². The van der Waals surface area contributed by atoms with Gasteiger partial charge in [0.05, 0.1) is 11.3 Å². The third-order valence-electron chi connectivity index (χ3n) is 5.97. The molecule has 1 unspecified atom stereocenters. The number of halogens is 1. The number of amides is 3. The highest BCUT2D eigenvalue weighted by Crippen LogP contribution is 2.27. The summed E-state index contributed by atoms with van der Waals surface area (Å²) in [6, 6.07) is 13.6. The summed E-state index contributed by atoms with van der Waals surface area (Å²) in [7, 11) is 0. The first-order chi connectivity index (χ1) is 16.9. The Labute approximate surface area is 207 Å². The molecule has 0 saturated carbocycles. The number of nitrogens with one attached hydrogen (secondary N) is 2. The molecule has 0 aliphatic carbocycles. The van der Waals surface area contributed by atoms with Crippen LogP contribution in [0.4, 0.5) is 5.69 Å². The van der Waals surface area contributed by atoms with Crippen LogP contribution in [0.15, 0.2) is 53.3 Å². The molecule has 35 heavy (non-hydrogen) atoms. The molecular formula is C25H26ClN5O4. The van der Waals surface area contributed by atoms with E-state index in [9.17, 15) is 19.2 Å². The molecule has 0 radical (unpaired) electrons. The molecule has 10 heteroatoms. The number of aryl methyl sites for hydroxylation is 1. The number of hydrogen-bond acceptors (Lipinski definition) is 5. The van der Waals surface area contributed by atoms with Crippen molar-refractivity contribution >= 4 is 45.8 Å². The number of benzene rings is 2. The van der Waals surface area contributed by atoms with Crippen LogP contribution in [0.3, 0.4) is 0 Å². The summed E-state index contributed by atoms with van der Waals surface area (Å²) in [5, 5.41) is 5.56. The van der Waals surface area contributed by atoms with E-state index in [1.165, 1.54) is 9.58 Å². The van der Waals surface area contributed by atoms with Crippen LogP contribution < -0.4 is 21.3 Å². The third-order valence-corrected chi connectivity index (χ3v) is 6.21. The first kappa shape index (κ1) is 24.4. The molecule has 0 spiro atoms. The van der Waals surface area contributed by atoms with Crippen molar-refractivity contribution in [3.05, 3.63) is 69.6 Å². The summed E-state index contributed by atoms with van der Waals surface area (Å²) < 4.78 is 1.30. The van der Waals surface area contributed by atoms with Crippen LogP contribution in [0.25, 0.3) is 10.8 Å². The third kappa shape index (κ3) is 5.35. The van der Waals surface area contributed by atoms with Crippen LogP contribution in [-0.2, 0) is 16.1 Å². The Morgan fingerprint density at radius 3 is 2.57 bits per heavy atom. The number of fused-ring (bicyclic) bond motifs is 1. The molecular weight excluding hydrogens is 470 g/mol. The minimum atomic E-state index is -0.644. The number of carbonyl (C=O) groups is 3. The van der Waals surface area contributed by atoms with Gasteiger partial charge in [-0.25, -0.2) is 4.68 Å². The maximum Gasteiger partial charge on any atom is 0.290 e.